The van der Waals surface area contributed by atoms with Crippen LogP contribution < -0.4 is 4.74 Å². The molecule has 0 aliphatic carbocycles. The predicted octanol–water partition coefficient (Wildman–Crippen LogP) is 4.72. The van der Waals surface area contributed by atoms with Gasteiger partial charge in [-0.1, -0.05) is 36.4 Å². The molecule has 0 saturated carbocycles. The SMILES string of the molecule is CCOC(=O)c1ccc2c(c1)C(=O)CC(c1ccc3ccccc3c1)O2. The van der Waals surface area contributed by atoms with E-state index in [0.29, 0.717) is 23.5 Å². The van der Waals surface area contributed by atoms with Gasteiger partial charge in [0, 0.05) is 0 Å². The van der Waals surface area contributed by atoms with Crippen LogP contribution in [0.25, 0.3) is 10.8 Å². The topological polar surface area (TPSA) is 52.6 Å². The molecule has 26 heavy (non-hydrogen) atoms. The van der Waals surface area contributed by atoms with Crippen molar-refractivity contribution in [2.45, 2.75) is 19.4 Å². The number of carbonyl (C=O) groups excluding carboxylic acids is 2. The van der Waals surface area contributed by atoms with Gasteiger partial charge in [-0.2, -0.15) is 0 Å². The van der Waals surface area contributed by atoms with Crippen LogP contribution in [0.3, 0.4) is 0 Å². The summed E-state index contributed by atoms with van der Waals surface area (Å²) < 4.78 is 11.1. The molecule has 0 aromatic heterocycles. The average Bonchev–Trinajstić information content (AvgIpc) is 2.67. The van der Waals surface area contributed by atoms with Gasteiger partial charge in [0.05, 0.1) is 24.2 Å². The Labute approximate surface area is 151 Å². The van der Waals surface area contributed by atoms with Crippen LogP contribution in [0.2, 0.25) is 0 Å². The number of carbonyl (C=O) groups is 2. The Morgan fingerprint density at radius 1 is 1.08 bits per heavy atom. The van der Waals surface area contributed by atoms with Crippen molar-refractivity contribution in [2.24, 2.45) is 0 Å². The quantitative estimate of drug-likeness (QED) is 0.644. The molecule has 0 bridgehead atoms. The minimum absolute atomic E-state index is 0.0319. The lowest BCUT2D eigenvalue weighted by Gasteiger charge is -2.26. The molecule has 1 aliphatic heterocycles. The molecule has 0 spiro atoms. The van der Waals surface area contributed by atoms with Crippen molar-refractivity contribution in [1.29, 1.82) is 0 Å². The number of rotatable bonds is 3. The van der Waals surface area contributed by atoms with E-state index in [-0.39, 0.29) is 18.3 Å². The van der Waals surface area contributed by atoms with Crippen LogP contribution in [0.5, 0.6) is 5.75 Å². The first-order chi connectivity index (χ1) is 12.7. The monoisotopic (exact) mass is 346 g/mol. The standard InChI is InChI=1S/C22H18O4/c1-2-25-22(24)17-9-10-20-18(12-17)19(23)13-21(26-20)16-8-7-14-5-3-4-6-15(14)11-16/h3-12,21H,2,13H2,1H3. The molecule has 4 rings (SSSR count). The van der Waals surface area contributed by atoms with E-state index in [1.807, 2.05) is 30.3 Å². The smallest absolute Gasteiger partial charge is 0.338 e. The highest BCUT2D eigenvalue weighted by Gasteiger charge is 2.28. The number of benzene rings is 3. The number of ketones is 1. The van der Waals surface area contributed by atoms with Crippen molar-refractivity contribution >= 4 is 22.5 Å². The van der Waals surface area contributed by atoms with Gasteiger partial charge in [-0.05, 0) is 47.5 Å². The summed E-state index contributed by atoms with van der Waals surface area (Å²) in [5, 5.41) is 2.27. The Hall–Kier alpha value is -3.14. The molecular weight excluding hydrogens is 328 g/mol. The number of fused-ring (bicyclic) bond motifs is 2. The van der Waals surface area contributed by atoms with Gasteiger partial charge in [0.25, 0.3) is 0 Å². The molecule has 0 saturated heterocycles. The lowest BCUT2D eigenvalue weighted by molar-refractivity contribution is 0.0526. The molecule has 3 aromatic carbocycles. The van der Waals surface area contributed by atoms with Crippen molar-refractivity contribution in [3.63, 3.8) is 0 Å². The van der Waals surface area contributed by atoms with Gasteiger partial charge in [-0.3, -0.25) is 4.79 Å². The third-order valence-electron chi connectivity index (χ3n) is 4.58. The summed E-state index contributed by atoms with van der Waals surface area (Å²) in [7, 11) is 0. The second-order valence-electron chi connectivity index (χ2n) is 6.27. The molecule has 130 valence electrons. The number of Topliss-reactive ketones (excluding diaryl/α,β-unsaturated/α-hetero) is 1. The number of hydrogen-bond acceptors (Lipinski definition) is 4. The summed E-state index contributed by atoms with van der Waals surface area (Å²) in [5.74, 6) is 0.0442. The van der Waals surface area contributed by atoms with Gasteiger partial charge in [-0.25, -0.2) is 4.79 Å². The second kappa shape index (κ2) is 6.64. The second-order valence-corrected chi connectivity index (χ2v) is 6.27. The van der Waals surface area contributed by atoms with E-state index in [2.05, 4.69) is 12.1 Å². The Bertz CT molecular complexity index is 1010. The molecule has 0 fully saturated rings. The molecule has 0 N–H and O–H groups in total. The molecular formula is C22H18O4. The highest BCUT2D eigenvalue weighted by Crippen LogP contribution is 2.36. The summed E-state index contributed by atoms with van der Waals surface area (Å²) >= 11 is 0. The first-order valence-corrected chi connectivity index (χ1v) is 8.65. The lowest BCUT2D eigenvalue weighted by atomic mass is 9.94. The maximum atomic E-state index is 12.6. The van der Waals surface area contributed by atoms with Crippen molar-refractivity contribution in [2.75, 3.05) is 6.61 Å². The third-order valence-corrected chi connectivity index (χ3v) is 4.58. The van der Waals surface area contributed by atoms with E-state index in [0.717, 1.165) is 16.3 Å². The molecule has 4 nitrogen and oxygen atoms in total. The normalized spacial score (nSPS) is 16.0. The Kier molecular flexibility index (Phi) is 4.17. The van der Waals surface area contributed by atoms with E-state index < -0.39 is 5.97 Å². The largest absolute Gasteiger partial charge is 0.484 e. The van der Waals surface area contributed by atoms with E-state index in [9.17, 15) is 9.59 Å². The van der Waals surface area contributed by atoms with E-state index in [1.54, 1.807) is 25.1 Å². The summed E-state index contributed by atoms with van der Waals surface area (Å²) in [4.78, 5) is 24.5. The highest BCUT2D eigenvalue weighted by molar-refractivity contribution is 6.02. The van der Waals surface area contributed by atoms with E-state index >= 15 is 0 Å². The van der Waals surface area contributed by atoms with E-state index in [4.69, 9.17) is 9.47 Å². The first kappa shape index (κ1) is 16.3. The first-order valence-electron chi connectivity index (χ1n) is 8.65. The summed E-state index contributed by atoms with van der Waals surface area (Å²) in [6.45, 7) is 2.04. The molecule has 1 heterocycles. The molecule has 1 aliphatic rings. The fourth-order valence-electron chi connectivity index (χ4n) is 3.26. The predicted molar refractivity (Wildman–Crippen MR) is 98.7 cm³/mol. The summed E-state index contributed by atoms with van der Waals surface area (Å²) in [6, 6.07) is 19.1. The maximum absolute atomic E-state index is 12.6. The van der Waals surface area contributed by atoms with Gasteiger partial charge in [-0.15, -0.1) is 0 Å². The van der Waals surface area contributed by atoms with Gasteiger partial charge in [0.15, 0.2) is 5.78 Å². The zero-order valence-electron chi connectivity index (χ0n) is 14.4. The third kappa shape index (κ3) is 2.94. The van der Waals surface area contributed by atoms with Crippen LogP contribution in [0, 0.1) is 0 Å². The fraction of sp³-hybridized carbons (Fsp3) is 0.182. The molecule has 0 radical (unpaired) electrons. The maximum Gasteiger partial charge on any atom is 0.338 e. The number of esters is 1. The fourth-order valence-corrected chi connectivity index (χ4v) is 3.26. The molecule has 1 atom stereocenters. The van der Waals surface area contributed by atoms with Crippen LogP contribution >= 0.6 is 0 Å². The van der Waals surface area contributed by atoms with Gasteiger partial charge in [0.2, 0.25) is 0 Å². The van der Waals surface area contributed by atoms with Crippen molar-refractivity contribution in [3.8, 4) is 5.75 Å². The van der Waals surface area contributed by atoms with Gasteiger partial charge < -0.3 is 9.47 Å². The van der Waals surface area contributed by atoms with E-state index in [1.165, 1.54) is 0 Å². The minimum atomic E-state index is -0.431. The zero-order chi connectivity index (χ0) is 18.1. The van der Waals surface area contributed by atoms with Crippen LogP contribution in [-0.2, 0) is 4.74 Å². The molecule has 1 unspecified atom stereocenters. The Morgan fingerprint density at radius 2 is 1.88 bits per heavy atom. The van der Waals surface area contributed by atoms with Crippen LogP contribution in [0.1, 0.15) is 45.7 Å². The summed E-state index contributed by atoms with van der Waals surface area (Å²) in [5.41, 5.74) is 1.77. The average molecular weight is 346 g/mol. The van der Waals surface area contributed by atoms with Crippen LogP contribution in [-0.4, -0.2) is 18.4 Å². The van der Waals surface area contributed by atoms with Crippen molar-refractivity contribution in [3.05, 3.63) is 77.4 Å². The zero-order valence-corrected chi connectivity index (χ0v) is 14.4. The molecule has 3 aromatic rings. The number of ether oxygens (including phenoxy) is 2. The van der Waals surface area contributed by atoms with Gasteiger partial charge >= 0.3 is 5.97 Å². The number of hydrogen-bond donors (Lipinski definition) is 0. The highest BCUT2D eigenvalue weighted by atomic mass is 16.5. The molecule has 0 amide bonds. The van der Waals surface area contributed by atoms with Crippen molar-refractivity contribution in [1.82, 2.24) is 0 Å². The molecule has 4 heteroatoms. The Morgan fingerprint density at radius 3 is 2.69 bits per heavy atom. The minimum Gasteiger partial charge on any atom is -0.484 e. The van der Waals surface area contributed by atoms with Crippen molar-refractivity contribution < 1.29 is 19.1 Å². The van der Waals surface area contributed by atoms with Crippen LogP contribution in [0.15, 0.2) is 60.7 Å². The lowest BCUT2D eigenvalue weighted by Crippen LogP contribution is -2.21. The summed E-state index contributed by atoms with van der Waals surface area (Å²) in [6.07, 6.45) is -0.0782. The Balaban J connectivity index is 1.65. The van der Waals surface area contributed by atoms with Crippen LogP contribution in [0.4, 0.5) is 0 Å². The van der Waals surface area contributed by atoms with Gasteiger partial charge in [0.1, 0.15) is 11.9 Å².